The molecule has 7 aliphatic rings. The van der Waals surface area contributed by atoms with Crippen molar-refractivity contribution in [2.45, 2.75) is 129 Å². The summed E-state index contributed by atoms with van der Waals surface area (Å²) in [5, 5.41) is 21.0. The van der Waals surface area contributed by atoms with Crippen LogP contribution in [0.15, 0.2) is 11.6 Å². The van der Waals surface area contributed by atoms with Crippen molar-refractivity contribution in [1.82, 2.24) is 0 Å². The lowest BCUT2D eigenvalue weighted by Crippen LogP contribution is -2.60. The summed E-state index contributed by atoms with van der Waals surface area (Å²) in [7, 11) is 0. The first-order valence-corrected chi connectivity index (χ1v) is 16.0. The number of aliphatic hydroxyl groups excluding tert-OH is 2. The number of epoxide rings is 1. The van der Waals surface area contributed by atoms with E-state index in [1.807, 2.05) is 0 Å². The lowest BCUT2D eigenvalue weighted by Gasteiger charge is -2.66. The molecule has 0 aromatic carbocycles. The molecule has 5 aliphatic carbocycles. The van der Waals surface area contributed by atoms with Gasteiger partial charge in [0, 0.05) is 12.3 Å². The molecule has 5 nitrogen and oxygen atoms in total. The van der Waals surface area contributed by atoms with Crippen LogP contribution in [0.4, 0.5) is 0 Å². The van der Waals surface area contributed by atoms with Gasteiger partial charge in [0.1, 0.15) is 30.2 Å². The topological polar surface area (TPSA) is 79.3 Å². The monoisotopic (exact) mass is 526 g/mol. The van der Waals surface area contributed by atoms with E-state index in [0.717, 1.165) is 19.3 Å². The summed E-state index contributed by atoms with van der Waals surface area (Å²) in [6, 6.07) is 0. The van der Waals surface area contributed by atoms with Crippen molar-refractivity contribution in [2.75, 3.05) is 6.61 Å². The fourth-order valence-electron chi connectivity index (χ4n) is 12.0. The van der Waals surface area contributed by atoms with Gasteiger partial charge in [-0.1, -0.05) is 52.2 Å². The minimum Gasteiger partial charge on any atom is -0.394 e. The maximum absolute atomic E-state index is 12.7. The maximum Gasteiger partial charge on any atom is 0.136 e. The zero-order valence-electron chi connectivity index (χ0n) is 24.0. The maximum atomic E-state index is 12.7. The number of hydrogen-bond acceptors (Lipinski definition) is 5. The molecule has 14 atom stereocenters. The molecule has 6 fully saturated rings. The van der Waals surface area contributed by atoms with Crippen LogP contribution < -0.4 is 0 Å². The van der Waals surface area contributed by atoms with Crippen molar-refractivity contribution in [3.8, 4) is 0 Å². The van der Waals surface area contributed by atoms with Crippen molar-refractivity contribution >= 4 is 5.78 Å². The molecule has 0 aromatic rings. The van der Waals surface area contributed by atoms with Crippen molar-refractivity contribution in [1.29, 1.82) is 0 Å². The van der Waals surface area contributed by atoms with Crippen LogP contribution in [0.2, 0.25) is 0 Å². The number of hydrogen-bond donors (Lipinski definition) is 2. The Morgan fingerprint density at radius 1 is 0.974 bits per heavy atom. The van der Waals surface area contributed by atoms with Gasteiger partial charge >= 0.3 is 0 Å². The highest BCUT2D eigenvalue weighted by atomic mass is 16.7. The molecule has 2 heterocycles. The lowest BCUT2D eigenvalue weighted by molar-refractivity contribution is -0.161. The van der Waals surface area contributed by atoms with Gasteiger partial charge in [-0.2, -0.15) is 0 Å². The quantitative estimate of drug-likeness (QED) is 0.377. The SMILES string of the molecule is CC1CCCC2(CC3OC(CO)C4OC4C3O)CCC3C(=CCC4C3(C)CCC3C(C)C(=O)CCC34C)C12. The van der Waals surface area contributed by atoms with Crippen LogP contribution in [0, 0.1) is 51.8 Å². The normalized spacial score (nSPS) is 57.5. The minimum absolute atomic E-state index is 0.0336. The van der Waals surface area contributed by atoms with E-state index in [9.17, 15) is 15.0 Å². The predicted molar refractivity (Wildman–Crippen MR) is 145 cm³/mol. The summed E-state index contributed by atoms with van der Waals surface area (Å²) in [5.74, 6) is 3.79. The second kappa shape index (κ2) is 8.87. The Morgan fingerprint density at radius 2 is 1.79 bits per heavy atom. The summed E-state index contributed by atoms with van der Waals surface area (Å²) >= 11 is 0. The summed E-state index contributed by atoms with van der Waals surface area (Å²) in [6.45, 7) is 9.84. The fraction of sp³-hybridized carbons (Fsp3) is 0.909. The smallest absolute Gasteiger partial charge is 0.136 e. The summed E-state index contributed by atoms with van der Waals surface area (Å²) < 4.78 is 12.1. The van der Waals surface area contributed by atoms with Crippen molar-refractivity contribution in [2.24, 2.45) is 51.8 Å². The molecule has 38 heavy (non-hydrogen) atoms. The average molecular weight is 527 g/mol. The fourth-order valence-corrected chi connectivity index (χ4v) is 12.0. The summed E-state index contributed by atoms with van der Waals surface area (Å²) in [5.41, 5.74) is 2.50. The van der Waals surface area contributed by atoms with E-state index >= 15 is 0 Å². The van der Waals surface area contributed by atoms with Crippen molar-refractivity contribution < 1.29 is 24.5 Å². The van der Waals surface area contributed by atoms with E-state index in [1.54, 1.807) is 5.57 Å². The molecule has 2 N–H and O–H groups in total. The van der Waals surface area contributed by atoms with Gasteiger partial charge < -0.3 is 19.7 Å². The van der Waals surface area contributed by atoms with E-state index < -0.39 is 6.10 Å². The number of ether oxygens (including phenoxy) is 2. The second-order valence-corrected chi connectivity index (χ2v) is 15.4. The molecule has 0 spiro atoms. The number of ketones is 1. The third-order valence-corrected chi connectivity index (χ3v) is 13.9. The van der Waals surface area contributed by atoms with Crippen LogP contribution in [0.1, 0.15) is 98.3 Å². The standard InChI is InChI=1S/C33H50O5/c1-18-6-5-12-33(16-24-28(36)30-29(38-30)25(17-34)37-24)15-10-22-20(27(18)33)7-8-26-31(3)14-11-23(35)19(2)21(31)9-13-32(22,26)4/h7,18-19,21-22,24-30,34,36H,5-6,8-17H2,1-4H3. The number of Topliss-reactive ketones (excluding diaryl/α,β-unsaturated/α-hetero) is 1. The van der Waals surface area contributed by atoms with Crippen molar-refractivity contribution in [3.05, 3.63) is 11.6 Å². The Balaban J connectivity index is 1.21. The zero-order valence-corrected chi connectivity index (χ0v) is 24.0. The third kappa shape index (κ3) is 3.53. The Hall–Kier alpha value is -0.750. The van der Waals surface area contributed by atoms with Crippen LogP contribution in [-0.4, -0.2) is 53.1 Å². The van der Waals surface area contributed by atoms with Gasteiger partial charge in [0.2, 0.25) is 0 Å². The van der Waals surface area contributed by atoms with Gasteiger partial charge in [-0.3, -0.25) is 4.79 Å². The van der Waals surface area contributed by atoms with Gasteiger partial charge in [-0.15, -0.1) is 0 Å². The largest absolute Gasteiger partial charge is 0.394 e. The molecule has 0 bridgehead atoms. The van der Waals surface area contributed by atoms with E-state index in [4.69, 9.17) is 9.47 Å². The van der Waals surface area contributed by atoms with Crippen LogP contribution >= 0.6 is 0 Å². The van der Waals surface area contributed by atoms with Crippen LogP contribution in [0.5, 0.6) is 0 Å². The van der Waals surface area contributed by atoms with Gasteiger partial charge in [-0.05, 0) is 97.2 Å². The Morgan fingerprint density at radius 3 is 2.58 bits per heavy atom. The number of rotatable bonds is 3. The number of allylic oxidation sites excluding steroid dienone is 2. The van der Waals surface area contributed by atoms with Crippen LogP contribution in [0.3, 0.4) is 0 Å². The molecule has 0 radical (unpaired) electrons. The highest BCUT2D eigenvalue weighted by Crippen LogP contribution is 2.71. The first kappa shape index (κ1) is 26.2. The lowest BCUT2D eigenvalue weighted by atomic mass is 9.38. The number of carbonyl (C=O) groups is 1. The molecule has 5 heteroatoms. The summed E-state index contributed by atoms with van der Waals surface area (Å²) in [6.07, 6.45) is 13.9. The molecule has 0 amide bonds. The third-order valence-electron chi connectivity index (χ3n) is 13.9. The number of fused-ring (bicyclic) bond motifs is 8. The molecule has 14 unspecified atom stereocenters. The molecular weight excluding hydrogens is 476 g/mol. The van der Waals surface area contributed by atoms with E-state index in [2.05, 4.69) is 33.8 Å². The molecule has 2 aliphatic heterocycles. The Bertz CT molecular complexity index is 1010. The zero-order chi connectivity index (χ0) is 26.6. The van der Waals surface area contributed by atoms with Gasteiger partial charge in [0.15, 0.2) is 0 Å². The van der Waals surface area contributed by atoms with Crippen molar-refractivity contribution in [3.63, 3.8) is 0 Å². The van der Waals surface area contributed by atoms with Crippen LogP contribution in [0.25, 0.3) is 0 Å². The molecule has 7 rings (SSSR count). The minimum atomic E-state index is -0.582. The van der Waals surface area contributed by atoms with Gasteiger partial charge in [0.05, 0.1) is 12.7 Å². The molecule has 4 saturated carbocycles. The summed E-state index contributed by atoms with van der Waals surface area (Å²) in [4.78, 5) is 12.7. The van der Waals surface area contributed by atoms with Crippen LogP contribution in [-0.2, 0) is 14.3 Å². The van der Waals surface area contributed by atoms with E-state index in [1.165, 1.54) is 51.4 Å². The second-order valence-electron chi connectivity index (χ2n) is 15.4. The molecule has 212 valence electrons. The van der Waals surface area contributed by atoms with E-state index in [-0.39, 0.29) is 47.8 Å². The van der Waals surface area contributed by atoms with Gasteiger partial charge in [-0.25, -0.2) is 0 Å². The molecule has 0 aromatic heterocycles. The highest BCUT2D eigenvalue weighted by molar-refractivity contribution is 5.82. The first-order valence-electron chi connectivity index (χ1n) is 16.0. The molecule has 2 saturated heterocycles. The number of aliphatic hydroxyl groups is 2. The Labute approximate surface area is 229 Å². The number of carbonyl (C=O) groups excluding carboxylic acids is 1. The predicted octanol–water partition coefficient (Wildman–Crippen LogP) is 5.47. The molecular formula is C33H50O5. The first-order chi connectivity index (χ1) is 18.1. The average Bonchev–Trinajstić information content (AvgIpc) is 3.69. The van der Waals surface area contributed by atoms with E-state index in [0.29, 0.717) is 40.8 Å². The van der Waals surface area contributed by atoms with Gasteiger partial charge in [0.25, 0.3) is 0 Å². The Kier molecular flexibility index (Phi) is 6.11. The highest BCUT2D eigenvalue weighted by Gasteiger charge is 2.64.